The van der Waals surface area contributed by atoms with Gasteiger partial charge in [0.05, 0.1) is 25.1 Å². The normalized spacial score (nSPS) is 25.5. The molecule has 6 nitrogen and oxygen atoms in total. The van der Waals surface area contributed by atoms with Crippen molar-refractivity contribution in [2.24, 2.45) is 11.8 Å². The summed E-state index contributed by atoms with van der Waals surface area (Å²) in [6, 6.07) is 7.87. The van der Waals surface area contributed by atoms with Gasteiger partial charge in [0.25, 0.3) is 0 Å². The van der Waals surface area contributed by atoms with Crippen LogP contribution in [0.1, 0.15) is 24.6 Å². The minimum absolute atomic E-state index is 0.0216. The molecule has 1 saturated carbocycles. The molecule has 7 heteroatoms. The topological polar surface area (TPSA) is 75.1 Å². The molecule has 1 aromatic heterocycles. The Labute approximate surface area is 163 Å². The summed E-state index contributed by atoms with van der Waals surface area (Å²) in [6.45, 7) is 2.28. The molecular formula is C21H25FN2O4. The molecule has 1 aliphatic heterocycles. The van der Waals surface area contributed by atoms with Gasteiger partial charge in [0, 0.05) is 19.6 Å². The third-order valence-electron chi connectivity index (χ3n) is 5.76. The number of fused-ring (bicyclic) bond motifs is 1. The molecule has 0 amide bonds. The fourth-order valence-corrected chi connectivity index (χ4v) is 4.45. The molecule has 2 aromatic rings. The van der Waals surface area contributed by atoms with Gasteiger partial charge < -0.3 is 19.7 Å². The van der Waals surface area contributed by atoms with Crippen LogP contribution < -0.4 is 9.47 Å². The van der Waals surface area contributed by atoms with Gasteiger partial charge in [-0.2, -0.15) is 0 Å². The van der Waals surface area contributed by atoms with Crippen molar-refractivity contribution in [3.8, 4) is 17.2 Å². The number of ether oxygens (including phenoxy) is 2. The SMILES string of the molecule is COc1cccc(F)c1O[C@H]1C[C@@H]2CN(C[C@@H](O)c3ccc(O)cn3)C[C@@H]2C1. The highest BCUT2D eigenvalue weighted by Gasteiger charge is 2.42. The molecule has 1 saturated heterocycles. The quantitative estimate of drug-likeness (QED) is 0.793. The summed E-state index contributed by atoms with van der Waals surface area (Å²) in [5, 5.41) is 19.7. The molecule has 28 heavy (non-hydrogen) atoms. The number of benzene rings is 1. The Morgan fingerprint density at radius 1 is 1.21 bits per heavy atom. The van der Waals surface area contributed by atoms with Crippen LogP contribution in [-0.2, 0) is 0 Å². The Morgan fingerprint density at radius 2 is 1.96 bits per heavy atom. The minimum Gasteiger partial charge on any atom is -0.506 e. The van der Waals surface area contributed by atoms with E-state index < -0.39 is 11.9 Å². The monoisotopic (exact) mass is 388 g/mol. The van der Waals surface area contributed by atoms with E-state index in [9.17, 15) is 14.6 Å². The molecule has 150 valence electrons. The van der Waals surface area contributed by atoms with Gasteiger partial charge in [0.1, 0.15) is 11.9 Å². The number of hydrogen-bond donors (Lipinski definition) is 2. The number of aromatic nitrogens is 1. The lowest BCUT2D eigenvalue weighted by Crippen LogP contribution is -2.29. The number of halogens is 1. The summed E-state index contributed by atoms with van der Waals surface area (Å²) in [4.78, 5) is 6.33. The Morgan fingerprint density at radius 3 is 2.61 bits per heavy atom. The Hall–Kier alpha value is -2.38. The number of methoxy groups -OCH3 is 1. The van der Waals surface area contributed by atoms with Crippen molar-refractivity contribution in [3.63, 3.8) is 0 Å². The number of rotatable bonds is 6. The van der Waals surface area contributed by atoms with Crippen molar-refractivity contribution in [2.45, 2.75) is 25.0 Å². The summed E-state index contributed by atoms with van der Waals surface area (Å²) >= 11 is 0. The zero-order valence-electron chi connectivity index (χ0n) is 15.8. The first-order valence-corrected chi connectivity index (χ1v) is 9.58. The summed E-state index contributed by atoms with van der Waals surface area (Å²) in [5.74, 6) is 1.25. The molecule has 0 bridgehead atoms. The third-order valence-corrected chi connectivity index (χ3v) is 5.76. The van der Waals surface area contributed by atoms with Gasteiger partial charge in [-0.1, -0.05) is 6.07 Å². The van der Waals surface area contributed by atoms with Gasteiger partial charge in [-0.3, -0.25) is 9.88 Å². The smallest absolute Gasteiger partial charge is 0.197 e. The standard InChI is InChI=1S/C21H25FN2O4/c1-27-20-4-2-3-17(22)21(20)28-16-7-13-10-24(11-14(13)8-16)12-19(26)18-6-5-15(25)9-23-18/h2-6,9,13-14,16,19,25-26H,7-8,10-12H2,1H3/t13-,14+,16+,19-/m1/s1. The lowest BCUT2D eigenvalue weighted by atomic mass is 10.0. The third kappa shape index (κ3) is 3.91. The molecule has 4 atom stereocenters. The van der Waals surface area contributed by atoms with E-state index in [1.54, 1.807) is 18.2 Å². The average Bonchev–Trinajstić information content (AvgIpc) is 3.21. The molecule has 4 rings (SSSR count). The fraction of sp³-hybridized carbons (Fsp3) is 0.476. The second kappa shape index (κ2) is 7.93. The van der Waals surface area contributed by atoms with Crippen molar-refractivity contribution in [1.29, 1.82) is 0 Å². The van der Waals surface area contributed by atoms with Gasteiger partial charge in [-0.25, -0.2) is 4.39 Å². The highest BCUT2D eigenvalue weighted by molar-refractivity contribution is 5.41. The first-order chi connectivity index (χ1) is 13.5. The number of aromatic hydroxyl groups is 1. The van der Waals surface area contributed by atoms with Crippen molar-refractivity contribution in [1.82, 2.24) is 9.88 Å². The molecule has 2 aliphatic rings. The summed E-state index contributed by atoms with van der Waals surface area (Å²) in [5.41, 5.74) is 0.558. The summed E-state index contributed by atoms with van der Waals surface area (Å²) < 4.78 is 25.3. The molecule has 0 spiro atoms. The van der Waals surface area contributed by atoms with Crippen LogP contribution in [0.4, 0.5) is 4.39 Å². The molecule has 1 aliphatic carbocycles. The van der Waals surface area contributed by atoms with E-state index in [1.807, 2.05) is 0 Å². The molecular weight excluding hydrogens is 363 g/mol. The van der Waals surface area contributed by atoms with Crippen LogP contribution in [0.15, 0.2) is 36.5 Å². The molecule has 0 radical (unpaired) electrons. The van der Waals surface area contributed by atoms with Crippen LogP contribution in [0.3, 0.4) is 0 Å². The van der Waals surface area contributed by atoms with Gasteiger partial charge in [0.15, 0.2) is 17.3 Å². The molecule has 2 N–H and O–H groups in total. The van der Waals surface area contributed by atoms with E-state index in [0.717, 1.165) is 25.9 Å². The second-order valence-corrected chi connectivity index (χ2v) is 7.68. The lowest BCUT2D eigenvalue weighted by Gasteiger charge is -2.22. The van der Waals surface area contributed by atoms with Crippen LogP contribution in [0, 0.1) is 17.7 Å². The first-order valence-electron chi connectivity index (χ1n) is 9.58. The zero-order chi connectivity index (χ0) is 19.7. The average molecular weight is 388 g/mol. The van der Waals surface area contributed by atoms with Crippen LogP contribution in [0.25, 0.3) is 0 Å². The number of nitrogens with zero attached hydrogens (tertiary/aromatic N) is 2. The largest absolute Gasteiger partial charge is 0.506 e. The van der Waals surface area contributed by atoms with Gasteiger partial charge in [-0.05, 0) is 48.9 Å². The van der Waals surface area contributed by atoms with Crippen molar-refractivity contribution < 1.29 is 24.1 Å². The Kier molecular flexibility index (Phi) is 5.37. The maximum atomic E-state index is 14.1. The molecule has 0 unspecified atom stereocenters. The van der Waals surface area contributed by atoms with Gasteiger partial charge >= 0.3 is 0 Å². The Balaban J connectivity index is 1.32. The molecule has 2 fully saturated rings. The van der Waals surface area contributed by atoms with E-state index in [4.69, 9.17) is 9.47 Å². The fourth-order valence-electron chi connectivity index (χ4n) is 4.45. The van der Waals surface area contributed by atoms with E-state index in [-0.39, 0.29) is 17.6 Å². The van der Waals surface area contributed by atoms with E-state index in [2.05, 4.69) is 9.88 Å². The van der Waals surface area contributed by atoms with Gasteiger partial charge in [-0.15, -0.1) is 0 Å². The van der Waals surface area contributed by atoms with Crippen LogP contribution in [0.5, 0.6) is 17.2 Å². The number of likely N-dealkylation sites (tertiary alicyclic amines) is 1. The minimum atomic E-state index is -0.686. The first kappa shape index (κ1) is 19.0. The highest BCUT2D eigenvalue weighted by Crippen LogP contribution is 2.42. The Bertz CT molecular complexity index is 803. The predicted octanol–water partition coefficient (Wildman–Crippen LogP) is 2.76. The summed E-state index contributed by atoms with van der Waals surface area (Å²) in [6.07, 6.45) is 2.37. The van der Waals surface area contributed by atoms with Crippen molar-refractivity contribution in [2.75, 3.05) is 26.7 Å². The van der Waals surface area contributed by atoms with Crippen molar-refractivity contribution >= 4 is 0 Å². The predicted molar refractivity (Wildman–Crippen MR) is 101 cm³/mol. The van der Waals surface area contributed by atoms with Gasteiger partial charge in [0.2, 0.25) is 0 Å². The summed E-state index contributed by atoms with van der Waals surface area (Å²) in [7, 11) is 1.51. The maximum Gasteiger partial charge on any atom is 0.197 e. The number of hydrogen-bond acceptors (Lipinski definition) is 6. The lowest BCUT2D eigenvalue weighted by molar-refractivity contribution is 0.112. The van der Waals surface area contributed by atoms with Crippen LogP contribution >= 0.6 is 0 Å². The number of aliphatic hydroxyl groups excluding tert-OH is 1. The number of para-hydroxylation sites is 1. The highest BCUT2D eigenvalue weighted by atomic mass is 19.1. The number of aliphatic hydroxyl groups is 1. The zero-order valence-corrected chi connectivity index (χ0v) is 15.8. The molecule has 1 aromatic carbocycles. The van der Waals surface area contributed by atoms with E-state index >= 15 is 0 Å². The number of β-amino-alcohol motifs (C(OH)–C–C–N with tert-alkyl or cyclic N) is 1. The maximum absolute atomic E-state index is 14.1. The van der Waals surface area contributed by atoms with E-state index in [1.165, 1.54) is 25.4 Å². The van der Waals surface area contributed by atoms with Crippen molar-refractivity contribution in [3.05, 3.63) is 48.0 Å². The van der Waals surface area contributed by atoms with Crippen LogP contribution in [-0.4, -0.2) is 52.9 Å². The van der Waals surface area contributed by atoms with Crippen LogP contribution in [0.2, 0.25) is 0 Å². The second-order valence-electron chi connectivity index (χ2n) is 7.68. The number of pyridine rings is 1. The molecule has 2 heterocycles. The van der Waals surface area contributed by atoms with E-state index in [0.29, 0.717) is 29.8 Å².